The van der Waals surface area contributed by atoms with E-state index < -0.39 is 0 Å². The maximum Gasteiger partial charge on any atom is 0.196 e. The fourth-order valence-electron chi connectivity index (χ4n) is 3.56. The molecule has 2 heterocycles. The van der Waals surface area contributed by atoms with E-state index in [0.29, 0.717) is 11.6 Å². The monoisotopic (exact) mass is 343 g/mol. The molecule has 1 N–H and O–H groups in total. The van der Waals surface area contributed by atoms with E-state index in [2.05, 4.69) is 23.6 Å². The minimum Gasteiger partial charge on any atom is -0.367 e. The zero-order chi connectivity index (χ0) is 16.7. The van der Waals surface area contributed by atoms with Crippen LogP contribution in [0.4, 0.5) is 10.2 Å². The number of anilines is 1. The highest BCUT2D eigenvalue weighted by molar-refractivity contribution is 7.17. The molecule has 24 heavy (non-hydrogen) atoms. The largest absolute Gasteiger partial charge is 0.367 e. The second-order valence-corrected chi connectivity index (χ2v) is 7.81. The fraction of sp³-hybridized carbons (Fsp3) is 0.421. The van der Waals surface area contributed by atoms with E-state index >= 15 is 0 Å². The Morgan fingerprint density at radius 1 is 1.17 bits per heavy atom. The first-order valence-electron chi connectivity index (χ1n) is 8.65. The number of hydrogen-bond donors (Lipinski definition) is 1. The van der Waals surface area contributed by atoms with Crippen LogP contribution in [0.25, 0.3) is 16.2 Å². The van der Waals surface area contributed by atoms with E-state index in [0.717, 1.165) is 16.5 Å². The predicted octanol–water partition coefficient (Wildman–Crippen LogP) is 5.56. The quantitative estimate of drug-likeness (QED) is 0.674. The van der Waals surface area contributed by atoms with E-state index in [1.54, 1.807) is 17.4 Å². The van der Waals surface area contributed by atoms with E-state index in [1.807, 2.05) is 12.1 Å². The summed E-state index contributed by atoms with van der Waals surface area (Å²) in [6.45, 7) is 4.22. The van der Waals surface area contributed by atoms with Crippen LogP contribution in [0.5, 0.6) is 0 Å². The van der Waals surface area contributed by atoms with Gasteiger partial charge in [0, 0.05) is 22.2 Å². The summed E-state index contributed by atoms with van der Waals surface area (Å²) in [6.07, 6.45) is 6.18. The van der Waals surface area contributed by atoms with E-state index in [1.165, 1.54) is 48.7 Å². The lowest BCUT2D eigenvalue weighted by atomic mass is 9.95. The highest BCUT2D eigenvalue weighted by atomic mass is 32.1. The van der Waals surface area contributed by atoms with Gasteiger partial charge >= 0.3 is 0 Å². The van der Waals surface area contributed by atoms with Crippen molar-refractivity contribution in [1.29, 1.82) is 0 Å². The number of fused-ring (bicyclic) bond motifs is 1. The summed E-state index contributed by atoms with van der Waals surface area (Å²) in [7, 11) is 0. The van der Waals surface area contributed by atoms with Gasteiger partial charge in [-0.15, -0.1) is 11.3 Å². The molecule has 0 saturated heterocycles. The Morgan fingerprint density at radius 2 is 1.92 bits per heavy atom. The van der Waals surface area contributed by atoms with Crippen molar-refractivity contribution in [3.63, 3.8) is 0 Å². The first-order valence-corrected chi connectivity index (χ1v) is 9.46. The summed E-state index contributed by atoms with van der Waals surface area (Å²) in [6, 6.07) is 7.36. The number of nitrogens with zero attached hydrogens (tertiary/aromatic N) is 2. The van der Waals surface area contributed by atoms with Crippen LogP contribution in [-0.4, -0.2) is 15.4 Å². The molecule has 0 atom stereocenters. The predicted molar refractivity (Wildman–Crippen MR) is 98.4 cm³/mol. The maximum atomic E-state index is 14.4. The van der Waals surface area contributed by atoms with Crippen molar-refractivity contribution in [3.8, 4) is 11.3 Å². The van der Waals surface area contributed by atoms with Gasteiger partial charge in [-0.1, -0.05) is 31.4 Å². The number of nitrogens with one attached hydrogen (secondary N) is 1. The van der Waals surface area contributed by atoms with Gasteiger partial charge in [-0.05, 0) is 38.8 Å². The number of thiazole rings is 1. The molecule has 1 saturated carbocycles. The van der Waals surface area contributed by atoms with Gasteiger partial charge in [0.05, 0.1) is 0 Å². The smallest absolute Gasteiger partial charge is 0.196 e. The lowest BCUT2D eigenvalue weighted by Crippen LogP contribution is -2.23. The summed E-state index contributed by atoms with van der Waals surface area (Å²) >= 11 is 1.67. The van der Waals surface area contributed by atoms with Crippen LogP contribution >= 0.6 is 11.3 Å². The molecule has 5 heteroatoms. The number of hydrogen-bond acceptors (Lipinski definition) is 3. The van der Waals surface area contributed by atoms with Crippen molar-refractivity contribution in [2.75, 3.05) is 5.32 Å². The van der Waals surface area contributed by atoms with E-state index in [9.17, 15) is 4.39 Å². The summed E-state index contributed by atoms with van der Waals surface area (Å²) < 4.78 is 16.5. The average molecular weight is 343 g/mol. The Balaban J connectivity index is 1.86. The number of imidazole rings is 1. The van der Waals surface area contributed by atoms with Gasteiger partial charge in [-0.2, -0.15) is 0 Å². The van der Waals surface area contributed by atoms with Gasteiger partial charge in [-0.3, -0.25) is 4.40 Å². The number of benzene rings is 1. The Morgan fingerprint density at radius 3 is 2.67 bits per heavy atom. The van der Waals surface area contributed by atoms with Gasteiger partial charge in [0.15, 0.2) is 4.96 Å². The van der Waals surface area contributed by atoms with Crippen molar-refractivity contribution < 1.29 is 4.39 Å². The summed E-state index contributed by atoms with van der Waals surface area (Å²) in [5.74, 6) is 0.730. The second kappa shape index (κ2) is 6.20. The SMILES string of the molecule is Cc1sc2nc(-c3ccccc3F)c(NC3CCCCC3)n2c1C. The molecule has 1 aromatic carbocycles. The molecule has 0 aliphatic heterocycles. The summed E-state index contributed by atoms with van der Waals surface area (Å²) in [5, 5.41) is 3.69. The average Bonchev–Trinajstić information content (AvgIpc) is 3.06. The van der Waals surface area contributed by atoms with Crippen LogP contribution in [0, 0.1) is 19.7 Å². The lowest BCUT2D eigenvalue weighted by Gasteiger charge is -2.24. The molecule has 1 fully saturated rings. The Bertz CT molecular complexity index is 874. The van der Waals surface area contributed by atoms with Crippen LogP contribution in [0.1, 0.15) is 42.7 Å². The Labute approximate surface area is 145 Å². The van der Waals surface area contributed by atoms with Crippen molar-refractivity contribution in [2.24, 2.45) is 0 Å². The first-order chi connectivity index (χ1) is 11.6. The molecular formula is C19H22FN3S. The molecule has 3 nitrogen and oxygen atoms in total. The van der Waals surface area contributed by atoms with Gasteiger partial charge in [-0.25, -0.2) is 9.37 Å². The van der Waals surface area contributed by atoms with E-state index in [4.69, 9.17) is 4.98 Å². The van der Waals surface area contributed by atoms with Crippen LogP contribution in [0.15, 0.2) is 24.3 Å². The molecular weight excluding hydrogens is 321 g/mol. The highest BCUT2D eigenvalue weighted by Gasteiger charge is 2.23. The zero-order valence-electron chi connectivity index (χ0n) is 14.1. The maximum absolute atomic E-state index is 14.4. The summed E-state index contributed by atoms with van der Waals surface area (Å²) in [4.78, 5) is 6.96. The molecule has 0 amide bonds. The highest BCUT2D eigenvalue weighted by Crippen LogP contribution is 2.36. The number of rotatable bonds is 3. The fourth-order valence-corrected chi connectivity index (χ4v) is 4.53. The molecule has 1 aliphatic rings. The van der Waals surface area contributed by atoms with Crippen LogP contribution in [-0.2, 0) is 0 Å². The Kier molecular flexibility index (Phi) is 4.04. The van der Waals surface area contributed by atoms with Crippen LogP contribution in [0.2, 0.25) is 0 Å². The number of aromatic nitrogens is 2. The third-order valence-corrected chi connectivity index (χ3v) is 6.07. The summed E-state index contributed by atoms with van der Waals surface area (Å²) in [5.41, 5.74) is 2.49. The van der Waals surface area contributed by atoms with Crippen molar-refractivity contribution in [3.05, 3.63) is 40.7 Å². The zero-order valence-corrected chi connectivity index (χ0v) is 14.9. The van der Waals surface area contributed by atoms with Crippen molar-refractivity contribution >= 4 is 22.1 Å². The molecule has 0 spiro atoms. The number of aryl methyl sites for hydroxylation is 2. The second-order valence-electron chi connectivity index (χ2n) is 6.63. The van der Waals surface area contributed by atoms with E-state index in [-0.39, 0.29) is 5.82 Å². The molecule has 1 aliphatic carbocycles. The molecule has 3 aromatic rings. The Hall–Kier alpha value is -1.88. The third-order valence-electron chi connectivity index (χ3n) is 5.01. The molecule has 126 valence electrons. The van der Waals surface area contributed by atoms with Gasteiger partial charge in [0.25, 0.3) is 0 Å². The third kappa shape index (κ3) is 2.61. The molecule has 0 bridgehead atoms. The van der Waals surface area contributed by atoms with Crippen molar-refractivity contribution in [1.82, 2.24) is 9.38 Å². The topological polar surface area (TPSA) is 29.3 Å². The van der Waals surface area contributed by atoms with Crippen LogP contribution in [0.3, 0.4) is 0 Å². The number of halogens is 1. The molecule has 0 unspecified atom stereocenters. The van der Waals surface area contributed by atoms with Crippen molar-refractivity contribution in [2.45, 2.75) is 52.0 Å². The standard InChI is InChI=1S/C19H22FN3S/c1-12-13(2)24-19-22-17(15-10-6-7-11-16(15)20)18(23(12)19)21-14-8-4-3-5-9-14/h6-7,10-11,14,21H,3-5,8-9H2,1-2H3. The minimum atomic E-state index is -0.218. The molecule has 0 radical (unpaired) electrons. The first kappa shape index (κ1) is 15.6. The lowest BCUT2D eigenvalue weighted by molar-refractivity contribution is 0.461. The van der Waals surface area contributed by atoms with Gasteiger partial charge in [0.2, 0.25) is 0 Å². The van der Waals surface area contributed by atoms with Crippen LogP contribution < -0.4 is 5.32 Å². The molecule has 4 rings (SSSR count). The minimum absolute atomic E-state index is 0.218. The van der Waals surface area contributed by atoms with Gasteiger partial charge < -0.3 is 5.32 Å². The molecule has 2 aromatic heterocycles. The van der Waals surface area contributed by atoms with Gasteiger partial charge in [0.1, 0.15) is 17.3 Å². The normalized spacial score (nSPS) is 16.0.